The van der Waals surface area contributed by atoms with E-state index in [1.807, 2.05) is 6.07 Å². The Balaban J connectivity index is 1.67. The molecule has 0 unspecified atom stereocenters. The van der Waals surface area contributed by atoms with Gasteiger partial charge in [-0.2, -0.15) is 0 Å². The standard InChI is InChI=1S/C20H29FN2O3/c1-25-18-11-14(5-6-17(18)22)19(24)23-13-20(7-9-26-10-8-20)15-3-2-4-16(21)12-15/h2-4,12,14,17-18H,5-11,13,22H2,1H3,(H,23,24)/t14-,17+,18+/m0/s1. The first-order chi connectivity index (χ1) is 12.5. The summed E-state index contributed by atoms with van der Waals surface area (Å²) in [5.74, 6) is -0.283. The predicted octanol–water partition coefficient (Wildman–Crippen LogP) is 2.13. The number of benzene rings is 1. The van der Waals surface area contributed by atoms with Gasteiger partial charge < -0.3 is 20.5 Å². The van der Waals surface area contributed by atoms with E-state index in [1.54, 1.807) is 19.2 Å². The fraction of sp³-hybridized carbons (Fsp3) is 0.650. The summed E-state index contributed by atoms with van der Waals surface area (Å²) in [6.07, 6.45) is 3.70. The summed E-state index contributed by atoms with van der Waals surface area (Å²) in [5, 5.41) is 3.13. The van der Waals surface area contributed by atoms with E-state index in [4.69, 9.17) is 15.2 Å². The van der Waals surface area contributed by atoms with Gasteiger partial charge >= 0.3 is 0 Å². The van der Waals surface area contributed by atoms with Crippen molar-refractivity contribution in [2.75, 3.05) is 26.9 Å². The fourth-order valence-electron chi connectivity index (χ4n) is 4.21. The molecule has 1 saturated heterocycles. The third-order valence-corrected chi connectivity index (χ3v) is 6.00. The van der Waals surface area contributed by atoms with E-state index in [-0.39, 0.29) is 35.2 Å². The smallest absolute Gasteiger partial charge is 0.223 e. The van der Waals surface area contributed by atoms with Crippen molar-refractivity contribution in [2.24, 2.45) is 11.7 Å². The number of halogens is 1. The first kappa shape index (κ1) is 19.3. The molecule has 1 amide bonds. The molecule has 1 heterocycles. The average Bonchev–Trinajstić information content (AvgIpc) is 2.67. The van der Waals surface area contributed by atoms with Gasteiger partial charge in [-0.1, -0.05) is 12.1 Å². The highest BCUT2D eigenvalue weighted by Gasteiger charge is 2.37. The second kappa shape index (κ2) is 8.46. The van der Waals surface area contributed by atoms with Gasteiger partial charge in [0.2, 0.25) is 5.91 Å². The highest BCUT2D eigenvalue weighted by Crippen LogP contribution is 2.35. The topological polar surface area (TPSA) is 73.6 Å². The molecule has 144 valence electrons. The van der Waals surface area contributed by atoms with Crippen molar-refractivity contribution in [3.05, 3.63) is 35.6 Å². The van der Waals surface area contributed by atoms with E-state index in [0.717, 1.165) is 31.2 Å². The van der Waals surface area contributed by atoms with Crippen LogP contribution in [0, 0.1) is 11.7 Å². The summed E-state index contributed by atoms with van der Waals surface area (Å²) < 4.78 is 24.7. The van der Waals surface area contributed by atoms with Gasteiger partial charge in [-0.05, 0) is 49.8 Å². The summed E-state index contributed by atoms with van der Waals surface area (Å²) in [6, 6.07) is 6.71. The number of nitrogens with two attached hydrogens (primary N) is 1. The first-order valence-electron chi connectivity index (χ1n) is 9.44. The summed E-state index contributed by atoms with van der Waals surface area (Å²) in [4.78, 5) is 12.7. The summed E-state index contributed by atoms with van der Waals surface area (Å²) >= 11 is 0. The highest BCUT2D eigenvalue weighted by molar-refractivity contribution is 5.79. The molecule has 1 aliphatic heterocycles. The van der Waals surface area contributed by atoms with Crippen LogP contribution >= 0.6 is 0 Å². The second-order valence-corrected chi connectivity index (χ2v) is 7.57. The molecule has 1 aromatic carbocycles. The Labute approximate surface area is 154 Å². The van der Waals surface area contributed by atoms with E-state index in [9.17, 15) is 9.18 Å². The van der Waals surface area contributed by atoms with E-state index in [2.05, 4.69) is 5.32 Å². The molecule has 0 spiro atoms. The summed E-state index contributed by atoms with van der Waals surface area (Å²) in [7, 11) is 1.64. The zero-order valence-electron chi connectivity index (χ0n) is 15.4. The fourth-order valence-corrected chi connectivity index (χ4v) is 4.21. The van der Waals surface area contributed by atoms with Gasteiger partial charge in [0, 0.05) is 44.2 Å². The van der Waals surface area contributed by atoms with Crippen LogP contribution < -0.4 is 11.1 Å². The van der Waals surface area contributed by atoms with Crippen molar-refractivity contribution in [3.8, 4) is 0 Å². The lowest BCUT2D eigenvalue weighted by molar-refractivity contribution is -0.128. The maximum absolute atomic E-state index is 13.8. The van der Waals surface area contributed by atoms with Crippen LogP contribution in [0.1, 0.15) is 37.7 Å². The Morgan fingerprint density at radius 3 is 2.85 bits per heavy atom. The van der Waals surface area contributed by atoms with Crippen molar-refractivity contribution in [3.63, 3.8) is 0 Å². The molecule has 0 bridgehead atoms. The number of ether oxygens (including phenoxy) is 2. The van der Waals surface area contributed by atoms with Crippen LogP contribution in [0.15, 0.2) is 24.3 Å². The van der Waals surface area contributed by atoms with Crippen LogP contribution in [0.5, 0.6) is 0 Å². The van der Waals surface area contributed by atoms with Crippen molar-refractivity contribution < 1.29 is 18.7 Å². The van der Waals surface area contributed by atoms with Gasteiger partial charge in [0.15, 0.2) is 0 Å². The number of hydrogen-bond donors (Lipinski definition) is 2. The number of rotatable bonds is 5. The third-order valence-electron chi connectivity index (χ3n) is 6.00. The second-order valence-electron chi connectivity index (χ2n) is 7.57. The Hall–Kier alpha value is -1.50. The molecule has 2 aliphatic rings. The van der Waals surface area contributed by atoms with Crippen molar-refractivity contribution in [1.82, 2.24) is 5.32 Å². The minimum atomic E-state index is -0.276. The summed E-state index contributed by atoms with van der Waals surface area (Å²) in [5.41, 5.74) is 6.70. The number of nitrogens with one attached hydrogen (secondary N) is 1. The molecule has 3 rings (SSSR count). The molecule has 2 fully saturated rings. The SMILES string of the molecule is CO[C@@H]1C[C@@H](C(=O)NCC2(c3cccc(F)c3)CCOCC2)CC[C@H]1N. The Bertz CT molecular complexity index is 619. The van der Waals surface area contributed by atoms with Gasteiger partial charge in [0.25, 0.3) is 0 Å². The molecule has 1 saturated carbocycles. The number of amides is 1. The van der Waals surface area contributed by atoms with E-state index in [0.29, 0.717) is 26.2 Å². The normalized spacial score (nSPS) is 28.5. The molecule has 1 aliphatic carbocycles. The minimum Gasteiger partial charge on any atom is -0.381 e. The molecule has 3 atom stereocenters. The zero-order valence-corrected chi connectivity index (χ0v) is 15.4. The average molecular weight is 364 g/mol. The lowest BCUT2D eigenvalue weighted by atomic mass is 9.74. The van der Waals surface area contributed by atoms with Crippen molar-refractivity contribution in [1.29, 1.82) is 0 Å². The largest absolute Gasteiger partial charge is 0.381 e. The van der Waals surface area contributed by atoms with Gasteiger partial charge in [0.05, 0.1) is 6.10 Å². The number of carbonyl (C=O) groups is 1. The van der Waals surface area contributed by atoms with Gasteiger partial charge in [-0.3, -0.25) is 4.79 Å². The molecular weight excluding hydrogens is 335 g/mol. The maximum atomic E-state index is 13.8. The number of methoxy groups -OCH3 is 1. The highest BCUT2D eigenvalue weighted by atomic mass is 19.1. The summed E-state index contributed by atoms with van der Waals surface area (Å²) in [6.45, 7) is 1.74. The molecule has 3 N–H and O–H groups in total. The Morgan fingerprint density at radius 1 is 1.38 bits per heavy atom. The minimum absolute atomic E-state index is 0.00169. The molecule has 5 nitrogen and oxygen atoms in total. The van der Waals surface area contributed by atoms with Crippen LogP contribution in [0.25, 0.3) is 0 Å². The molecule has 26 heavy (non-hydrogen) atoms. The van der Waals surface area contributed by atoms with Gasteiger partial charge in [0.1, 0.15) is 5.82 Å². The number of hydrogen-bond acceptors (Lipinski definition) is 4. The molecule has 0 radical (unpaired) electrons. The third kappa shape index (κ3) is 4.24. The Morgan fingerprint density at radius 2 is 2.15 bits per heavy atom. The Kier molecular flexibility index (Phi) is 6.27. The van der Waals surface area contributed by atoms with Crippen LogP contribution in [0.4, 0.5) is 4.39 Å². The molecular formula is C20H29FN2O3. The van der Waals surface area contributed by atoms with Crippen LogP contribution in [0.3, 0.4) is 0 Å². The molecule has 1 aromatic rings. The van der Waals surface area contributed by atoms with Crippen LogP contribution in [0.2, 0.25) is 0 Å². The lowest BCUT2D eigenvalue weighted by Gasteiger charge is -2.39. The maximum Gasteiger partial charge on any atom is 0.223 e. The van der Waals surface area contributed by atoms with Crippen LogP contribution in [-0.4, -0.2) is 44.9 Å². The monoisotopic (exact) mass is 364 g/mol. The predicted molar refractivity (Wildman–Crippen MR) is 97.3 cm³/mol. The molecule has 0 aromatic heterocycles. The quantitative estimate of drug-likeness (QED) is 0.839. The van der Waals surface area contributed by atoms with Crippen molar-refractivity contribution >= 4 is 5.91 Å². The van der Waals surface area contributed by atoms with Crippen molar-refractivity contribution in [2.45, 2.75) is 49.7 Å². The van der Waals surface area contributed by atoms with Crippen LogP contribution in [-0.2, 0) is 19.7 Å². The van der Waals surface area contributed by atoms with E-state index < -0.39 is 0 Å². The first-order valence-corrected chi connectivity index (χ1v) is 9.44. The van der Waals surface area contributed by atoms with Gasteiger partial charge in [-0.25, -0.2) is 4.39 Å². The molecule has 6 heteroatoms. The van der Waals surface area contributed by atoms with E-state index in [1.165, 1.54) is 6.07 Å². The lowest BCUT2D eigenvalue weighted by Crippen LogP contribution is -2.49. The number of carbonyl (C=O) groups excluding carboxylic acids is 1. The zero-order chi connectivity index (χ0) is 18.6. The van der Waals surface area contributed by atoms with Gasteiger partial charge in [-0.15, -0.1) is 0 Å². The van der Waals surface area contributed by atoms with E-state index >= 15 is 0 Å².